The second kappa shape index (κ2) is 6.25. The molecule has 0 heterocycles. The first-order valence-corrected chi connectivity index (χ1v) is 6.22. The van der Waals surface area contributed by atoms with Crippen LogP contribution in [-0.2, 0) is 4.79 Å². The summed E-state index contributed by atoms with van der Waals surface area (Å²) in [6.07, 6.45) is -0.664. The molecule has 0 bridgehead atoms. The van der Waals surface area contributed by atoms with Crippen LogP contribution in [0.25, 0.3) is 0 Å². The van der Waals surface area contributed by atoms with Gasteiger partial charge in [0.15, 0.2) is 6.10 Å². The van der Waals surface area contributed by atoms with Crippen molar-refractivity contribution in [1.29, 1.82) is 0 Å². The molecular weight excluding hydrogens is 264 g/mol. The molecule has 0 aliphatic carbocycles. The van der Waals surface area contributed by atoms with E-state index in [1.165, 1.54) is 0 Å². The van der Waals surface area contributed by atoms with Crippen molar-refractivity contribution in [2.24, 2.45) is 0 Å². The lowest BCUT2D eigenvalue weighted by atomic mass is 10.3. The number of halogens is 1. The molecule has 1 unspecified atom stereocenters. The Morgan fingerprint density at radius 3 is 2.05 bits per heavy atom. The summed E-state index contributed by atoms with van der Waals surface area (Å²) in [7, 11) is 0. The standard InChI is InChI=1S/C15H13ClO3/c1-11(15(16)17)18-13-7-9-14(10-8-13)19-12-5-3-2-4-6-12/h2-11H,1H3. The normalized spacial score (nSPS) is 11.7. The first-order chi connectivity index (χ1) is 9.15. The van der Waals surface area contributed by atoms with Crippen molar-refractivity contribution in [3.05, 3.63) is 54.6 Å². The minimum absolute atomic E-state index is 0.524. The molecule has 0 aliphatic heterocycles. The van der Waals surface area contributed by atoms with E-state index in [9.17, 15) is 4.79 Å². The number of para-hydroxylation sites is 1. The first kappa shape index (κ1) is 13.4. The van der Waals surface area contributed by atoms with E-state index < -0.39 is 11.3 Å². The van der Waals surface area contributed by atoms with Crippen molar-refractivity contribution < 1.29 is 14.3 Å². The predicted octanol–water partition coefficient (Wildman–Crippen LogP) is 4.01. The molecule has 0 aliphatic rings. The highest BCUT2D eigenvalue weighted by Gasteiger charge is 2.11. The van der Waals surface area contributed by atoms with Crippen molar-refractivity contribution in [3.8, 4) is 17.2 Å². The number of benzene rings is 2. The Bertz CT molecular complexity index is 537. The lowest BCUT2D eigenvalue weighted by Gasteiger charge is -2.11. The molecule has 2 aromatic rings. The van der Waals surface area contributed by atoms with Gasteiger partial charge in [-0.3, -0.25) is 4.79 Å². The molecule has 0 radical (unpaired) electrons. The minimum Gasteiger partial charge on any atom is -0.482 e. The Labute approximate surface area is 116 Å². The second-order valence-corrected chi connectivity index (χ2v) is 4.32. The highest BCUT2D eigenvalue weighted by molar-refractivity contribution is 6.64. The van der Waals surface area contributed by atoms with E-state index >= 15 is 0 Å². The van der Waals surface area contributed by atoms with Crippen LogP contribution in [0.3, 0.4) is 0 Å². The molecule has 19 heavy (non-hydrogen) atoms. The average molecular weight is 277 g/mol. The summed E-state index contributed by atoms with van der Waals surface area (Å²) >= 11 is 5.33. The first-order valence-electron chi connectivity index (χ1n) is 5.84. The Hall–Kier alpha value is -2.00. The van der Waals surface area contributed by atoms with Crippen molar-refractivity contribution in [2.75, 3.05) is 0 Å². The average Bonchev–Trinajstić information content (AvgIpc) is 2.42. The molecule has 98 valence electrons. The van der Waals surface area contributed by atoms with E-state index in [2.05, 4.69) is 0 Å². The van der Waals surface area contributed by atoms with Crippen LogP contribution in [0, 0.1) is 0 Å². The van der Waals surface area contributed by atoms with Crippen LogP contribution in [0.1, 0.15) is 6.92 Å². The third-order valence-electron chi connectivity index (χ3n) is 2.44. The number of ether oxygens (including phenoxy) is 2. The molecule has 2 rings (SSSR count). The highest BCUT2D eigenvalue weighted by Crippen LogP contribution is 2.24. The summed E-state index contributed by atoms with van der Waals surface area (Å²) < 4.78 is 11.0. The van der Waals surface area contributed by atoms with Gasteiger partial charge in [-0.25, -0.2) is 0 Å². The summed E-state index contributed by atoms with van der Waals surface area (Å²) in [6.45, 7) is 1.60. The molecule has 0 aromatic heterocycles. The van der Waals surface area contributed by atoms with Crippen molar-refractivity contribution in [1.82, 2.24) is 0 Å². The van der Waals surface area contributed by atoms with Gasteiger partial charge in [-0.15, -0.1) is 0 Å². The van der Waals surface area contributed by atoms with Gasteiger partial charge in [-0.2, -0.15) is 0 Å². The Morgan fingerprint density at radius 1 is 0.947 bits per heavy atom. The van der Waals surface area contributed by atoms with Gasteiger partial charge in [-0.05, 0) is 54.9 Å². The fraction of sp³-hybridized carbons (Fsp3) is 0.133. The Morgan fingerprint density at radius 2 is 1.47 bits per heavy atom. The maximum atomic E-state index is 10.9. The van der Waals surface area contributed by atoms with E-state index in [-0.39, 0.29) is 0 Å². The van der Waals surface area contributed by atoms with Crippen molar-refractivity contribution >= 4 is 16.8 Å². The van der Waals surface area contributed by atoms with Crippen LogP contribution in [0.2, 0.25) is 0 Å². The topological polar surface area (TPSA) is 35.5 Å². The monoisotopic (exact) mass is 276 g/mol. The lowest BCUT2D eigenvalue weighted by Crippen LogP contribution is -2.18. The van der Waals surface area contributed by atoms with Gasteiger partial charge in [0.1, 0.15) is 17.2 Å². The molecule has 0 saturated carbocycles. The Balaban J connectivity index is 2.01. The zero-order chi connectivity index (χ0) is 13.7. The Kier molecular flexibility index (Phi) is 4.42. The van der Waals surface area contributed by atoms with E-state index in [0.29, 0.717) is 11.5 Å². The maximum absolute atomic E-state index is 10.9. The third kappa shape index (κ3) is 4.00. The van der Waals surface area contributed by atoms with Crippen molar-refractivity contribution in [3.63, 3.8) is 0 Å². The molecular formula is C15H13ClO3. The zero-order valence-corrected chi connectivity index (χ0v) is 11.1. The molecule has 2 aromatic carbocycles. The summed E-state index contributed by atoms with van der Waals surface area (Å²) in [5, 5.41) is -0.524. The molecule has 0 N–H and O–H groups in total. The summed E-state index contributed by atoms with van der Waals surface area (Å²) in [6, 6.07) is 16.5. The van der Waals surface area contributed by atoms with Gasteiger partial charge in [0, 0.05) is 0 Å². The third-order valence-corrected chi connectivity index (χ3v) is 2.74. The van der Waals surface area contributed by atoms with Gasteiger partial charge in [0.05, 0.1) is 0 Å². The number of hydrogen-bond donors (Lipinski definition) is 0. The van der Waals surface area contributed by atoms with Crippen molar-refractivity contribution in [2.45, 2.75) is 13.0 Å². The van der Waals surface area contributed by atoms with Crippen LogP contribution in [0.4, 0.5) is 0 Å². The van der Waals surface area contributed by atoms with Crippen LogP contribution >= 0.6 is 11.6 Å². The SMILES string of the molecule is CC(Oc1ccc(Oc2ccccc2)cc1)C(=O)Cl. The molecule has 0 fully saturated rings. The quantitative estimate of drug-likeness (QED) is 0.774. The molecule has 3 nitrogen and oxygen atoms in total. The van der Waals surface area contributed by atoms with Crippen LogP contribution in [-0.4, -0.2) is 11.3 Å². The molecule has 0 saturated heterocycles. The zero-order valence-electron chi connectivity index (χ0n) is 10.4. The summed E-state index contributed by atoms with van der Waals surface area (Å²) in [5.41, 5.74) is 0. The van der Waals surface area contributed by atoms with Crippen LogP contribution < -0.4 is 9.47 Å². The second-order valence-electron chi connectivity index (χ2n) is 3.95. The van der Waals surface area contributed by atoms with E-state index in [1.54, 1.807) is 31.2 Å². The minimum atomic E-state index is -0.664. The fourth-order valence-electron chi connectivity index (χ4n) is 1.46. The van der Waals surface area contributed by atoms with Gasteiger partial charge in [0.25, 0.3) is 5.24 Å². The summed E-state index contributed by atoms with van der Waals surface area (Å²) in [5.74, 6) is 2.03. The molecule has 4 heteroatoms. The number of rotatable bonds is 5. The van der Waals surface area contributed by atoms with Crippen LogP contribution in [0.15, 0.2) is 54.6 Å². The van der Waals surface area contributed by atoms with Gasteiger partial charge >= 0.3 is 0 Å². The fourth-order valence-corrected chi connectivity index (χ4v) is 1.51. The number of hydrogen-bond acceptors (Lipinski definition) is 3. The predicted molar refractivity (Wildman–Crippen MR) is 73.9 cm³/mol. The molecule has 0 amide bonds. The maximum Gasteiger partial charge on any atom is 0.262 e. The van der Waals surface area contributed by atoms with Gasteiger partial charge in [-0.1, -0.05) is 18.2 Å². The smallest absolute Gasteiger partial charge is 0.262 e. The molecule has 0 spiro atoms. The largest absolute Gasteiger partial charge is 0.482 e. The number of carbonyl (C=O) groups is 1. The summed E-state index contributed by atoms with van der Waals surface area (Å²) in [4.78, 5) is 10.9. The van der Waals surface area contributed by atoms with E-state index in [4.69, 9.17) is 21.1 Å². The highest BCUT2D eigenvalue weighted by atomic mass is 35.5. The van der Waals surface area contributed by atoms with Crippen LogP contribution in [0.5, 0.6) is 17.2 Å². The number of carbonyl (C=O) groups excluding carboxylic acids is 1. The molecule has 1 atom stereocenters. The van der Waals surface area contributed by atoms with Gasteiger partial charge in [0.2, 0.25) is 0 Å². The van der Waals surface area contributed by atoms with E-state index in [0.717, 1.165) is 5.75 Å². The lowest BCUT2D eigenvalue weighted by molar-refractivity contribution is -0.117. The van der Waals surface area contributed by atoms with Gasteiger partial charge < -0.3 is 9.47 Å². The van der Waals surface area contributed by atoms with E-state index in [1.807, 2.05) is 30.3 Å².